The van der Waals surface area contributed by atoms with Gasteiger partial charge in [-0.1, -0.05) is 12.1 Å². The molecule has 1 aromatic heterocycles. The summed E-state index contributed by atoms with van der Waals surface area (Å²) in [6.45, 7) is 2.71. The first-order valence-electron chi connectivity index (χ1n) is 10.2. The Balaban J connectivity index is 1.40. The number of methoxy groups -OCH3 is 1. The number of primary amides is 1. The fraction of sp³-hybridized carbons (Fsp3) is 0.524. The molecule has 4 rings (SSSR count). The van der Waals surface area contributed by atoms with Crippen LogP contribution in [0.1, 0.15) is 25.7 Å². The normalized spacial score (nSPS) is 18.8. The third-order valence-corrected chi connectivity index (χ3v) is 6.07. The second-order valence-corrected chi connectivity index (χ2v) is 7.81. The van der Waals surface area contributed by atoms with Crippen molar-refractivity contribution in [3.8, 4) is 5.88 Å². The van der Waals surface area contributed by atoms with Crippen LogP contribution in [0.4, 0.5) is 5.82 Å². The molecule has 154 valence electrons. The van der Waals surface area contributed by atoms with Crippen molar-refractivity contribution in [2.24, 2.45) is 17.6 Å². The third-order valence-electron chi connectivity index (χ3n) is 6.07. The number of amides is 2. The fourth-order valence-electron chi connectivity index (χ4n) is 4.30. The number of nitrogens with zero attached hydrogens (tertiary/aromatic N) is 4. The van der Waals surface area contributed by atoms with Gasteiger partial charge in [0.05, 0.1) is 18.1 Å². The molecule has 2 fully saturated rings. The highest BCUT2D eigenvalue weighted by Gasteiger charge is 2.33. The van der Waals surface area contributed by atoms with Gasteiger partial charge in [-0.2, -0.15) is 0 Å². The van der Waals surface area contributed by atoms with Crippen LogP contribution >= 0.6 is 0 Å². The van der Waals surface area contributed by atoms with E-state index in [2.05, 4.69) is 9.88 Å². The minimum atomic E-state index is -0.254. The first-order valence-corrected chi connectivity index (χ1v) is 10.2. The number of benzene rings is 1. The van der Waals surface area contributed by atoms with Crippen molar-refractivity contribution in [2.45, 2.75) is 25.7 Å². The first-order chi connectivity index (χ1) is 14.1. The second-order valence-electron chi connectivity index (χ2n) is 7.81. The lowest BCUT2D eigenvalue weighted by atomic mass is 9.92. The molecule has 0 bridgehead atoms. The van der Waals surface area contributed by atoms with Crippen molar-refractivity contribution in [3.05, 3.63) is 24.3 Å². The molecule has 8 nitrogen and oxygen atoms in total. The number of hydrogen-bond acceptors (Lipinski definition) is 6. The number of para-hydroxylation sites is 2. The molecule has 29 heavy (non-hydrogen) atoms. The Hall–Kier alpha value is -2.90. The summed E-state index contributed by atoms with van der Waals surface area (Å²) in [4.78, 5) is 37.6. The van der Waals surface area contributed by atoms with Gasteiger partial charge in [-0.25, -0.2) is 9.97 Å². The summed E-state index contributed by atoms with van der Waals surface area (Å²) in [6.07, 6.45) is 2.88. The van der Waals surface area contributed by atoms with E-state index in [-0.39, 0.29) is 23.7 Å². The van der Waals surface area contributed by atoms with Crippen LogP contribution in [0, 0.1) is 11.8 Å². The van der Waals surface area contributed by atoms with Crippen molar-refractivity contribution in [1.82, 2.24) is 14.9 Å². The minimum Gasteiger partial charge on any atom is -0.478 e. The molecule has 0 atom stereocenters. The number of rotatable bonds is 4. The quantitative estimate of drug-likeness (QED) is 0.840. The predicted octanol–water partition coefficient (Wildman–Crippen LogP) is 1.58. The number of nitrogens with two attached hydrogens (primary N) is 1. The Morgan fingerprint density at radius 1 is 0.966 bits per heavy atom. The highest BCUT2D eigenvalue weighted by molar-refractivity contribution is 5.81. The molecule has 2 N–H and O–H groups in total. The van der Waals surface area contributed by atoms with Crippen molar-refractivity contribution >= 4 is 28.7 Å². The number of ether oxygens (including phenoxy) is 1. The lowest BCUT2D eigenvalue weighted by Crippen LogP contribution is -2.47. The molecular formula is C21H27N5O3. The van der Waals surface area contributed by atoms with Gasteiger partial charge in [0.25, 0.3) is 5.88 Å². The summed E-state index contributed by atoms with van der Waals surface area (Å²) in [5.74, 6) is 1.11. The number of aromatic nitrogens is 2. The average molecular weight is 397 g/mol. The zero-order chi connectivity index (χ0) is 20.4. The standard InChI is InChI=1S/C21H27N5O3/c1-29-20-19(23-16-4-2-3-5-17(16)24-20)25-10-8-15(9-11-25)21(28)26-12-6-14(7-13-26)18(22)27/h2-5,14-15H,6-13H2,1H3,(H2,22,27). The summed E-state index contributed by atoms with van der Waals surface area (Å²) in [5, 5.41) is 0. The van der Waals surface area contributed by atoms with E-state index in [1.165, 1.54) is 0 Å². The topological polar surface area (TPSA) is 102 Å². The smallest absolute Gasteiger partial charge is 0.257 e. The van der Waals surface area contributed by atoms with Crippen molar-refractivity contribution in [1.29, 1.82) is 0 Å². The molecule has 0 aliphatic carbocycles. The van der Waals surface area contributed by atoms with Crippen molar-refractivity contribution in [3.63, 3.8) is 0 Å². The Morgan fingerprint density at radius 3 is 2.14 bits per heavy atom. The molecule has 2 aliphatic rings. The van der Waals surface area contributed by atoms with E-state index in [1.54, 1.807) is 7.11 Å². The molecule has 1 aromatic carbocycles. The molecule has 8 heteroatoms. The van der Waals surface area contributed by atoms with E-state index in [4.69, 9.17) is 15.5 Å². The molecule has 2 saturated heterocycles. The van der Waals surface area contributed by atoms with Gasteiger partial charge in [-0.3, -0.25) is 9.59 Å². The summed E-state index contributed by atoms with van der Waals surface area (Å²) in [7, 11) is 1.61. The molecule has 2 aliphatic heterocycles. The lowest BCUT2D eigenvalue weighted by molar-refractivity contribution is -0.139. The molecule has 0 saturated carbocycles. The first kappa shape index (κ1) is 19.4. The Kier molecular flexibility index (Phi) is 5.51. The molecule has 0 radical (unpaired) electrons. The highest BCUT2D eigenvalue weighted by Crippen LogP contribution is 2.31. The molecular weight excluding hydrogens is 370 g/mol. The van der Waals surface area contributed by atoms with Crippen LogP contribution in [-0.4, -0.2) is 60.0 Å². The Bertz CT molecular complexity index is 902. The maximum atomic E-state index is 12.9. The number of fused-ring (bicyclic) bond motifs is 1. The molecule has 2 amide bonds. The number of likely N-dealkylation sites (tertiary alicyclic amines) is 1. The van der Waals surface area contributed by atoms with Gasteiger partial charge in [0, 0.05) is 38.0 Å². The summed E-state index contributed by atoms with van der Waals surface area (Å²) in [6, 6.07) is 7.73. The van der Waals surface area contributed by atoms with Crippen LogP contribution in [0.25, 0.3) is 11.0 Å². The number of anilines is 1. The van der Waals surface area contributed by atoms with Crippen LogP contribution in [0.5, 0.6) is 5.88 Å². The summed E-state index contributed by atoms with van der Waals surface area (Å²) >= 11 is 0. The van der Waals surface area contributed by atoms with Gasteiger partial charge in [-0.15, -0.1) is 0 Å². The monoisotopic (exact) mass is 397 g/mol. The molecule has 2 aromatic rings. The molecule has 0 unspecified atom stereocenters. The molecule has 3 heterocycles. The van der Waals surface area contributed by atoms with Crippen LogP contribution in [0.15, 0.2) is 24.3 Å². The van der Waals surface area contributed by atoms with Crippen LogP contribution < -0.4 is 15.4 Å². The second kappa shape index (κ2) is 8.23. The summed E-state index contributed by atoms with van der Waals surface area (Å²) in [5.41, 5.74) is 7.03. The van der Waals surface area contributed by atoms with Gasteiger partial charge in [-0.05, 0) is 37.8 Å². The maximum Gasteiger partial charge on any atom is 0.257 e. The van der Waals surface area contributed by atoms with E-state index in [0.717, 1.165) is 42.8 Å². The van der Waals surface area contributed by atoms with Gasteiger partial charge in [0.15, 0.2) is 5.82 Å². The van der Waals surface area contributed by atoms with E-state index < -0.39 is 0 Å². The van der Waals surface area contributed by atoms with E-state index in [0.29, 0.717) is 31.8 Å². The van der Waals surface area contributed by atoms with E-state index >= 15 is 0 Å². The zero-order valence-electron chi connectivity index (χ0n) is 16.7. The van der Waals surface area contributed by atoms with Crippen LogP contribution in [0.2, 0.25) is 0 Å². The number of piperidine rings is 2. The molecule has 0 spiro atoms. The third kappa shape index (κ3) is 3.97. The van der Waals surface area contributed by atoms with Crippen LogP contribution in [-0.2, 0) is 9.59 Å². The van der Waals surface area contributed by atoms with Crippen LogP contribution in [0.3, 0.4) is 0 Å². The Labute approximate surface area is 170 Å². The minimum absolute atomic E-state index is 0.00999. The maximum absolute atomic E-state index is 12.9. The summed E-state index contributed by atoms with van der Waals surface area (Å²) < 4.78 is 5.48. The highest BCUT2D eigenvalue weighted by atomic mass is 16.5. The van der Waals surface area contributed by atoms with Gasteiger partial charge >= 0.3 is 0 Å². The predicted molar refractivity (Wildman–Crippen MR) is 110 cm³/mol. The number of hydrogen-bond donors (Lipinski definition) is 1. The average Bonchev–Trinajstić information content (AvgIpc) is 2.77. The van der Waals surface area contributed by atoms with E-state index in [1.807, 2.05) is 29.2 Å². The lowest BCUT2D eigenvalue weighted by Gasteiger charge is -2.37. The number of carbonyl (C=O) groups is 2. The number of carbonyl (C=O) groups excluding carboxylic acids is 2. The largest absolute Gasteiger partial charge is 0.478 e. The van der Waals surface area contributed by atoms with Gasteiger partial charge in [0.2, 0.25) is 11.8 Å². The van der Waals surface area contributed by atoms with Crippen molar-refractivity contribution in [2.75, 3.05) is 38.2 Å². The SMILES string of the molecule is COc1nc2ccccc2nc1N1CCC(C(=O)N2CCC(C(N)=O)CC2)CC1. The van der Waals surface area contributed by atoms with Gasteiger partial charge < -0.3 is 20.3 Å². The zero-order valence-corrected chi connectivity index (χ0v) is 16.7. The van der Waals surface area contributed by atoms with E-state index in [9.17, 15) is 9.59 Å². The van der Waals surface area contributed by atoms with Crippen molar-refractivity contribution < 1.29 is 14.3 Å². The fourth-order valence-corrected chi connectivity index (χ4v) is 4.30. The van der Waals surface area contributed by atoms with Gasteiger partial charge in [0.1, 0.15) is 0 Å². The Morgan fingerprint density at radius 2 is 1.55 bits per heavy atom.